The summed E-state index contributed by atoms with van der Waals surface area (Å²) in [5.41, 5.74) is 11.7. The van der Waals surface area contributed by atoms with Crippen molar-refractivity contribution in [3.8, 4) is 0 Å². The topological polar surface area (TPSA) is 235 Å². The Morgan fingerprint density at radius 1 is 0.804 bits per heavy atom. The number of ketones is 3. The molecule has 1 rings (SSSR count). The Balaban J connectivity index is 2.51. The molecule has 0 heterocycles. The number of urea groups is 1. The monoisotopic (exact) mass is 719 g/mol. The molecule has 7 N–H and O–H groups in total. The summed E-state index contributed by atoms with van der Waals surface area (Å²) in [7, 11) is 0. The minimum atomic E-state index is -0.858. The first-order valence-electron chi connectivity index (χ1n) is 17.6. The average molecular weight is 720 g/mol. The van der Waals surface area contributed by atoms with Crippen LogP contribution in [-0.4, -0.2) is 86.7 Å². The fourth-order valence-corrected chi connectivity index (χ4v) is 5.01. The van der Waals surface area contributed by atoms with Gasteiger partial charge in [-0.1, -0.05) is 32.4 Å². The molecular formula is C36H57N5O10. The fourth-order valence-electron chi connectivity index (χ4n) is 5.01. The van der Waals surface area contributed by atoms with Gasteiger partial charge in [0.05, 0.1) is 25.8 Å². The first-order chi connectivity index (χ1) is 24.3. The van der Waals surface area contributed by atoms with E-state index in [9.17, 15) is 33.6 Å². The number of anilines is 1. The van der Waals surface area contributed by atoms with Crippen molar-refractivity contribution in [1.82, 2.24) is 10.6 Å². The molecule has 51 heavy (non-hydrogen) atoms. The maximum atomic E-state index is 13.4. The number of nitrogens with two attached hydrogens (primary N) is 2. The molecular weight excluding hydrogens is 662 g/mol. The second-order valence-corrected chi connectivity index (χ2v) is 12.7. The van der Waals surface area contributed by atoms with Gasteiger partial charge in [0.15, 0.2) is 5.78 Å². The number of benzene rings is 1. The lowest BCUT2D eigenvalue weighted by Crippen LogP contribution is -2.47. The van der Waals surface area contributed by atoms with Crippen LogP contribution in [0.3, 0.4) is 0 Å². The van der Waals surface area contributed by atoms with Gasteiger partial charge in [0.1, 0.15) is 24.8 Å². The van der Waals surface area contributed by atoms with Crippen LogP contribution >= 0.6 is 0 Å². The summed E-state index contributed by atoms with van der Waals surface area (Å²) in [6.07, 6.45) is 4.75. The summed E-state index contributed by atoms with van der Waals surface area (Å²) >= 11 is 0. The predicted molar refractivity (Wildman–Crippen MR) is 190 cm³/mol. The van der Waals surface area contributed by atoms with E-state index in [2.05, 4.69) is 16.0 Å². The van der Waals surface area contributed by atoms with Crippen LogP contribution in [0.4, 0.5) is 10.5 Å². The summed E-state index contributed by atoms with van der Waals surface area (Å²) < 4.78 is 15.9. The number of primary amides is 1. The zero-order valence-corrected chi connectivity index (χ0v) is 30.3. The van der Waals surface area contributed by atoms with Gasteiger partial charge in [-0.25, -0.2) is 4.79 Å². The molecule has 0 saturated heterocycles. The highest BCUT2D eigenvalue weighted by molar-refractivity contribution is 5.97. The van der Waals surface area contributed by atoms with E-state index in [1.807, 2.05) is 0 Å². The number of unbranched alkanes of at least 4 members (excludes halogenated alkanes) is 2. The van der Waals surface area contributed by atoms with Crippen molar-refractivity contribution in [3.63, 3.8) is 0 Å². The third-order valence-corrected chi connectivity index (χ3v) is 7.83. The lowest BCUT2D eigenvalue weighted by molar-refractivity contribution is -0.142. The second kappa shape index (κ2) is 26.6. The summed E-state index contributed by atoms with van der Waals surface area (Å²) in [6, 6.07) is 5.19. The van der Waals surface area contributed by atoms with E-state index in [4.69, 9.17) is 25.7 Å². The molecule has 15 heteroatoms. The number of nitrogens with one attached hydrogen (secondary N) is 3. The number of hydrogen-bond donors (Lipinski definition) is 5. The fraction of sp³-hybridized carbons (Fsp3) is 0.639. The van der Waals surface area contributed by atoms with Crippen LogP contribution in [-0.2, 0) is 49.6 Å². The maximum Gasteiger partial charge on any atom is 0.312 e. The van der Waals surface area contributed by atoms with Crippen molar-refractivity contribution in [2.45, 2.75) is 97.6 Å². The standard InChI is InChI=1S/C36H57N5O10/c1-25(2)34(41-33(46)24-50-20-19-49-18-8-12-30(43)10-5-4-6-11-31(44)22-37)32(45)21-28(9-7-17-39-36(38)48)35(47)40-29-15-13-27(14-16-29)23-51-26(3)42/h13-16,25,28,34H,4-12,17-24,37H2,1-3H3,(H,40,47)(H,41,46)(H3,38,39,48)/t28-,34+/m1/s1. The number of carbonyl (C=O) groups excluding carboxylic acids is 7. The summed E-state index contributed by atoms with van der Waals surface area (Å²) in [5.74, 6) is -2.45. The van der Waals surface area contributed by atoms with E-state index in [0.717, 1.165) is 24.8 Å². The Labute approximate surface area is 300 Å². The molecule has 4 amide bonds. The molecule has 0 radical (unpaired) electrons. The number of esters is 1. The highest BCUT2D eigenvalue weighted by Crippen LogP contribution is 2.19. The van der Waals surface area contributed by atoms with Crippen LogP contribution in [0.15, 0.2) is 24.3 Å². The number of rotatable bonds is 29. The Hall–Kier alpha value is -4.21. The third kappa shape index (κ3) is 22.3. The highest BCUT2D eigenvalue weighted by atomic mass is 16.5. The van der Waals surface area contributed by atoms with Gasteiger partial charge in [-0.2, -0.15) is 0 Å². The van der Waals surface area contributed by atoms with Crippen LogP contribution in [0.5, 0.6) is 0 Å². The van der Waals surface area contributed by atoms with E-state index >= 15 is 0 Å². The SMILES string of the molecule is CC(=O)OCc1ccc(NC(=O)[C@H](CCCNC(N)=O)CC(=O)[C@@H](NC(=O)COCCOCCCC(=O)CCCCCC(=O)CN)C(C)C)cc1. The first kappa shape index (κ1) is 44.8. The molecule has 0 aliphatic heterocycles. The second-order valence-electron chi connectivity index (χ2n) is 12.7. The molecule has 15 nitrogen and oxygen atoms in total. The molecule has 0 unspecified atom stereocenters. The smallest absolute Gasteiger partial charge is 0.312 e. The van der Waals surface area contributed by atoms with Gasteiger partial charge in [-0.05, 0) is 55.7 Å². The Morgan fingerprint density at radius 3 is 2.08 bits per heavy atom. The van der Waals surface area contributed by atoms with Gasteiger partial charge in [0, 0.05) is 57.4 Å². The van der Waals surface area contributed by atoms with Crippen molar-refractivity contribution in [3.05, 3.63) is 29.8 Å². The molecule has 0 bridgehead atoms. The normalized spacial score (nSPS) is 12.1. The number of ether oxygens (including phenoxy) is 3. The van der Waals surface area contributed by atoms with Crippen molar-refractivity contribution in [1.29, 1.82) is 0 Å². The van der Waals surface area contributed by atoms with Crippen LogP contribution in [0.2, 0.25) is 0 Å². The van der Waals surface area contributed by atoms with E-state index in [-0.39, 0.29) is 75.6 Å². The van der Waals surface area contributed by atoms with Crippen molar-refractivity contribution >= 4 is 46.9 Å². The van der Waals surface area contributed by atoms with Crippen LogP contribution in [0.1, 0.15) is 90.5 Å². The van der Waals surface area contributed by atoms with Crippen LogP contribution in [0.25, 0.3) is 0 Å². The molecule has 1 aromatic rings. The summed E-state index contributed by atoms with van der Waals surface area (Å²) in [5, 5.41) is 8.01. The Morgan fingerprint density at radius 2 is 1.45 bits per heavy atom. The first-order valence-corrected chi connectivity index (χ1v) is 17.6. The minimum absolute atomic E-state index is 0.0333. The largest absolute Gasteiger partial charge is 0.461 e. The lowest BCUT2D eigenvalue weighted by Gasteiger charge is -2.24. The molecule has 1 aromatic carbocycles. The van der Waals surface area contributed by atoms with E-state index in [0.29, 0.717) is 44.4 Å². The van der Waals surface area contributed by atoms with E-state index in [1.54, 1.807) is 38.1 Å². The van der Waals surface area contributed by atoms with Crippen LogP contribution < -0.4 is 27.4 Å². The number of Topliss-reactive ketones (excluding diaryl/α,β-unsaturated/α-hetero) is 3. The molecule has 0 fully saturated rings. The highest BCUT2D eigenvalue weighted by Gasteiger charge is 2.29. The minimum Gasteiger partial charge on any atom is -0.461 e. The number of hydrogen-bond acceptors (Lipinski definition) is 11. The van der Waals surface area contributed by atoms with Crippen molar-refractivity contribution in [2.24, 2.45) is 23.3 Å². The zero-order chi connectivity index (χ0) is 38.0. The van der Waals surface area contributed by atoms with Gasteiger partial charge >= 0.3 is 12.0 Å². The lowest BCUT2D eigenvalue weighted by atomic mass is 9.89. The van der Waals surface area contributed by atoms with Crippen molar-refractivity contribution in [2.75, 3.05) is 44.8 Å². The molecule has 0 spiro atoms. The molecule has 2 atom stereocenters. The van der Waals surface area contributed by atoms with Gasteiger partial charge in [0.2, 0.25) is 11.8 Å². The van der Waals surface area contributed by atoms with Gasteiger partial charge < -0.3 is 41.6 Å². The van der Waals surface area contributed by atoms with Gasteiger partial charge in [-0.3, -0.25) is 28.8 Å². The average Bonchev–Trinajstić information content (AvgIpc) is 3.08. The maximum absolute atomic E-state index is 13.4. The van der Waals surface area contributed by atoms with Crippen LogP contribution in [0, 0.1) is 11.8 Å². The predicted octanol–water partition coefficient (Wildman–Crippen LogP) is 2.71. The zero-order valence-electron chi connectivity index (χ0n) is 30.3. The summed E-state index contributed by atoms with van der Waals surface area (Å²) in [4.78, 5) is 84.7. The van der Waals surface area contributed by atoms with Gasteiger partial charge in [0.25, 0.3) is 0 Å². The molecule has 0 aliphatic carbocycles. The van der Waals surface area contributed by atoms with Gasteiger partial charge in [-0.15, -0.1) is 0 Å². The molecule has 0 aromatic heterocycles. The molecule has 0 saturated carbocycles. The molecule has 0 aliphatic rings. The third-order valence-electron chi connectivity index (χ3n) is 7.83. The Kier molecular flexibility index (Phi) is 23.4. The Bertz CT molecular complexity index is 1260. The number of carbonyl (C=O) groups is 7. The van der Waals surface area contributed by atoms with E-state index in [1.165, 1.54) is 6.92 Å². The number of amides is 4. The summed E-state index contributed by atoms with van der Waals surface area (Å²) in [6.45, 7) is 5.75. The van der Waals surface area contributed by atoms with E-state index < -0.39 is 35.8 Å². The molecule has 286 valence electrons. The van der Waals surface area contributed by atoms with Crippen molar-refractivity contribution < 1.29 is 47.8 Å². The quantitative estimate of drug-likeness (QED) is 0.0596.